The number of anilines is 1. The van der Waals surface area contributed by atoms with Crippen molar-refractivity contribution in [3.05, 3.63) is 46.2 Å². The third kappa shape index (κ3) is 2.27. The molecule has 0 atom stereocenters. The molecule has 0 radical (unpaired) electrons. The number of fused-ring (bicyclic) bond motifs is 1. The molecule has 1 aromatic heterocycles. The fraction of sp³-hybridized carbons (Fsp3) is 0.214. The van der Waals surface area contributed by atoms with Crippen molar-refractivity contribution < 1.29 is 14.0 Å². The molecular weight excluding hydrogens is 341 g/mol. The second-order valence-corrected chi connectivity index (χ2v) is 5.59. The van der Waals surface area contributed by atoms with E-state index < -0.39 is 17.5 Å². The van der Waals surface area contributed by atoms with Crippen molar-refractivity contribution in [2.45, 2.75) is 13.5 Å². The Bertz CT molecular complexity index is 757. The summed E-state index contributed by atoms with van der Waals surface area (Å²) < 4.78 is 15.7. The number of nitrogens with zero attached hydrogens (tertiary/aromatic N) is 3. The van der Waals surface area contributed by atoms with E-state index in [0.717, 1.165) is 5.82 Å². The van der Waals surface area contributed by atoms with Crippen molar-refractivity contribution in [1.82, 2.24) is 9.55 Å². The molecule has 1 amide bonds. The molecule has 0 saturated carbocycles. The van der Waals surface area contributed by atoms with E-state index in [1.807, 2.05) is 11.5 Å². The Morgan fingerprint density at radius 2 is 2.05 bits per heavy atom. The third-order valence-corrected chi connectivity index (χ3v) is 4.11. The number of Topliss-reactive ketones (excluding diaryl/α,β-unsaturated/α-hetero) is 1. The Morgan fingerprint density at radius 1 is 1.29 bits per heavy atom. The van der Waals surface area contributed by atoms with Crippen molar-refractivity contribution in [3.63, 3.8) is 0 Å². The van der Waals surface area contributed by atoms with E-state index in [4.69, 9.17) is 0 Å². The molecule has 0 N–H and O–H groups in total. The van der Waals surface area contributed by atoms with Crippen molar-refractivity contribution in [1.29, 1.82) is 0 Å². The van der Waals surface area contributed by atoms with Gasteiger partial charge in [0.1, 0.15) is 11.6 Å². The van der Waals surface area contributed by atoms with Gasteiger partial charge in [0.05, 0.1) is 15.7 Å². The number of hydrogen-bond donors (Lipinski definition) is 0. The van der Waals surface area contributed by atoms with Gasteiger partial charge in [0.2, 0.25) is 0 Å². The van der Waals surface area contributed by atoms with Crippen LogP contribution in [0.5, 0.6) is 0 Å². The largest absolute Gasteiger partial charge is 0.333 e. The van der Waals surface area contributed by atoms with Crippen molar-refractivity contribution >= 4 is 33.3 Å². The van der Waals surface area contributed by atoms with Gasteiger partial charge in [-0.25, -0.2) is 9.37 Å². The van der Waals surface area contributed by atoms with Crippen LogP contribution in [0.2, 0.25) is 0 Å². The van der Waals surface area contributed by atoms with Gasteiger partial charge in [-0.05, 0) is 35.0 Å². The summed E-state index contributed by atoms with van der Waals surface area (Å²) in [6.45, 7) is 2.62. The molecule has 0 bridgehead atoms. The van der Waals surface area contributed by atoms with Crippen LogP contribution in [0.1, 0.15) is 16.2 Å². The molecule has 0 spiro atoms. The number of carbonyl (C=O) groups is 2. The molecule has 2 heterocycles. The van der Waals surface area contributed by atoms with E-state index in [9.17, 15) is 14.0 Å². The van der Waals surface area contributed by atoms with Gasteiger partial charge in [-0.1, -0.05) is 0 Å². The third-order valence-electron chi connectivity index (χ3n) is 3.50. The predicted molar refractivity (Wildman–Crippen MR) is 77.7 cm³/mol. The summed E-state index contributed by atoms with van der Waals surface area (Å²) in [5.74, 6) is -0.913. The Hall–Kier alpha value is -2.02. The van der Waals surface area contributed by atoms with Crippen LogP contribution in [-0.4, -0.2) is 27.8 Å². The van der Waals surface area contributed by atoms with Crippen LogP contribution in [0.25, 0.3) is 0 Å². The highest BCUT2D eigenvalue weighted by atomic mass is 79.9. The second-order valence-electron chi connectivity index (χ2n) is 4.74. The number of carbonyl (C=O) groups excluding carboxylic acids is 2. The number of aryl methyl sites for hydroxylation is 1. The zero-order chi connectivity index (χ0) is 15.1. The summed E-state index contributed by atoms with van der Waals surface area (Å²) >= 11 is 3.03. The second kappa shape index (κ2) is 5.07. The first-order chi connectivity index (χ1) is 9.99. The smallest absolute Gasteiger partial charge is 0.299 e. The molecule has 1 aromatic carbocycles. The predicted octanol–water partition coefficient (Wildman–Crippen LogP) is 2.32. The average Bonchev–Trinajstić information content (AvgIpc) is 2.95. The molecule has 0 unspecified atom stereocenters. The Kier molecular flexibility index (Phi) is 3.36. The molecule has 0 fully saturated rings. The van der Waals surface area contributed by atoms with Gasteiger partial charge in [0.25, 0.3) is 11.7 Å². The zero-order valence-electron chi connectivity index (χ0n) is 11.1. The monoisotopic (exact) mass is 351 g/mol. The van der Waals surface area contributed by atoms with Crippen LogP contribution in [-0.2, 0) is 11.3 Å². The Balaban J connectivity index is 1.90. The van der Waals surface area contributed by atoms with Gasteiger partial charge < -0.3 is 9.47 Å². The van der Waals surface area contributed by atoms with Crippen LogP contribution >= 0.6 is 15.9 Å². The molecule has 2 aromatic rings. The molecular formula is C14H11BrFN3O2. The number of halogens is 2. The topological polar surface area (TPSA) is 55.2 Å². The SMILES string of the molecule is Cc1nccn1CCN1C(=O)C(=O)c2cc(Br)c(F)cc21. The standard InChI is InChI=1S/C14H11BrFN3O2/c1-8-17-2-3-18(8)4-5-19-12-7-11(16)10(15)6-9(12)13(20)14(19)21/h2-3,6-7H,4-5H2,1H3. The summed E-state index contributed by atoms with van der Waals surface area (Å²) in [4.78, 5) is 29.4. The van der Waals surface area contributed by atoms with Gasteiger partial charge in [-0.2, -0.15) is 0 Å². The first kappa shape index (κ1) is 13.9. The van der Waals surface area contributed by atoms with E-state index >= 15 is 0 Å². The molecule has 3 rings (SSSR count). The highest BCUT2D eigenvalue weighted by Gasteiger charge is 2.36. The highest BCUT2D eigenvalue weighted by Crippen LogP contribution is 2.33. The fourth-order valence-corrected chi connectivity index (χ4v) is 2.70. The molecule has 5 nitrogen and oxygen atoms in total. The molecule has 0 saturated heterocycles. The van der Waals surface area contributed by atoms with Crippen LogP contribution in [0.4, 0.5) is 10.1 Å². The lowest BCUT2D eigenvalue weighted by molar-refractivity contribution is -0.114. The number of ketones is 1. The molecule has 1 aliphatic rings. The number of rotatable bonds is 3. The van der Waals surface area contributed by atoms with Crippen LogP contribution in [0.3, 0.4) is 0 Å². The maximum Gasteiger partial charge on any atom is 0.299 e. The lowest BCUT2D eigenvalue weighted by Crippen LogP contribution is -2.32. The van der Waals surface area contributed by atoms with Gasteiger partial charge >= 0.3 is 0 Å². The molecule has 7 heteroatoms. The quantitative estimate of drug-likeness (QED) is 0.797. The summed E-state index contributed by atoms with van der Waals surface area (Å²) in [5.41, 5.74) is 0.555. The summed E-state index contributed by atoms with van der Waals surface area (Å²) in [5, 5.41) is 0. The average molecular weight is 352 g/mol. The van der Waals surface area contributed by atoms with Crippen molar-refractivity contribution in [2.24, 2.45) is 0 Å². The number of hydrogen-bond acceptors (Lipinski definition) is 3. The summed E-state index contributed by atoms with van der Waals surface area (Å²) in [6.07, 6.45) is 3.46. The van der Waals surface area contributed by atoms with E-state index in [2.05, 4.69) is 20.9 Å². The van der Waals surface area contributed by atoms with Gasteiger partial charge in [-0.3, -0.25) is 9.59 Å². The number of aromatic nitrogens is 2. The normalized spacial score (nSPS) is 14.0. The van der Waals surface area contributed by atoms with E-state index in [1.165, 1.54) is 17.0 Å². The minimum atomic E-state index is -0.625. The molecule has 0 aliphatic carbocycles. The maximum atomic E-state index is 13.7. The van der Waals surface area contributed by atoms with Crippen LogP contribution < -0.4 is 4.90 Å². The lowest BCUT2D eigenvalue weighted by Gasteiger charge is -2.17. The minimum Gasteiger partial charge on any atom is -0.333 e. The van der Waals surface area contributed by atoms with Crippen molar-refractivity contribution in [3.8, 4) is 0 Å². The van der Waals surface area contributed by atoms with Crippen molar-refractivity contribution in [2.75, 3.05) is 11.4 Å². The first-order valence-corrected chi connectivity index (χ1v) is 7.11. The van der Waals surface area contributed by atoms with Crippen LogP contribution in [0, 0.1) is 12.7 Å². The van der Waals surface area contributed by atoms with E-state index in [1.54, 1.807) is 12.4 Å². The fourth-order valence-electron chi connectivity index (χ4n) is 2.36. The molecule has 108 valence electrons. The number of imidazole rings is 1. The van der Waals surface area contributed by atoms with E-state index in [0.29, 0.717) is 12.2 Å². The zero-order valence-corrected chi connectivity index (χ0v) is 12.7. The number of benzene rings is 1. The Labute approximate surface area is 128 Å². The Morgan fingerprint density at radius 3 is 2.71 bits per heavy atom. The minimum absolute atomic E-state index is 0.176. The van der Waals surface area contributed by atoms with Gasteiger partial charge in [-0.15, -0.1) is 0 Å². The summed E-state index contributed by atoms with van der Waals surface area (Å²) in [6, 6.07) is 2.57. The first-order valence-electron chi connectivity index (χ1n) is 6.32. The molecule has 21 heavy (non-hydrogen) atoms. The van der Waals surface area contributed by atoms with Gasteiger partial charge in [0.15, 0.2) is 0 Å². The number of amides is 1. The highest BCUT2D eigenvalue weighted by molar-refractivity contribution is 9.10. The van der Waals surface area contributed by atoms with E-state index in [-0.39, 0.29) is 16.6 Å². The lowest BCUT2D eigenvalue weighted by atomic mass is 10.1. The van der Waals surface area contributed by atoms with Gasteiger partial charge in [0, 0.05) is 25.5 Å². The molecule has 1 aliphatic heterocycles. The maximum absolute atomic E-state index is 13.7. The summed E-state index contributed by atoms with van der Waals surface area (Å²) in [7, 11) is 0. The van der Waals surface area contributed by atoms with Crippen LogP contribution in [0.15, 0.2) is 29.0 Å².